The van der Waals surface area contributed by atoms with Crippen LogP contribution in [0.3, 0.4) is 0 Å². The molecule has 3 aromatic rings. The number of benzene rings is 2. The molecule has 0 spiro atoms. The van der Waals surface area contributed by atoms with Crippen molar-refractivity contribution in [1.82, 2.24) is 9.88 Å². The first-order chi connectivity index (χ1) is 15.7. The summed E-state index contributed by atoms with van der Waals surface area (Å²) in [5, 5.41) is 0.184. The van der Waals surface area contributed by atoms with E-state index in [2.05, 4.69) is 18.8 Å². The molecule has 33 heavy (non-hydrogen) atoms. The third-order valence-electron chi connectivity index (χ3n) is 6.16. The zero-order valence-electron chi connectivity index (χ0n) is 19.1. The summed E-state index contributed by atoms with van der Waals surface area (Å²) in [6, 6.07) is 13.3. The van der Waals surface area contributed by atoms with Crippen molar-refractivity contribution in [3.8, 4) is 0 Å². The summed E-state index contributed by atoms with van der Waals surface area (Å²) < 4.78 is 28.1. The fraction of sp³-hybridized carbons (Fsp3) is 0.360. The Labute approximate surface area is 194 Å². The molecule has 1 aromatic heterocycles. The van der Waals surface area contributed by atoms with Crippen LogP contribution in [-0.2, 0) is 10.0 Å². The van der Waals surface area contributed by atoms with E-state index in [9.17, 15) is 18.0 Å². The number of aromatic amines is 1. The van der Waals surface area contributed by atoms with Gasteiger partial charge in [0.2, 0.25) is 5.43 Å². The van der Waals surface area contributed by atoms with Crippen LogP contribution in [-0.4, -0.2) is 43.8 Å². The van der Waals surface area contributed by atoms with Crippen LogP contribution < -0.4 is 9.73 Å². The number of nitrogens with one attached hydrogen (secondary N) is 1. The number of likely N-dealkylation sites (tertiary alicyclic amines) is 1. The molecule has 174 valence electrons. The highest BCUT2D eigenvalue weighted by molar-refractivity contribution is 7.92. The Morgan fingerprint density at radius 1 is 1.09 bits per heavy atom. The molecule has 8 heteroatoms. The molecule has 1 fully saturated rings. The standard InChI is InChI=1S/C25H29N3O4S/c1-4-28(19-8-6-5-7-9-19)33(31,32)20-10-11-23-21(13-20)24(29)22(14-26-23)25(30)27-15-17(2)12-18(3)16-27/h5-11,13-14,17-18H,4,12,15-16H2,1-3H3,(H,26,29). The third kappa shape index (κ3) is 4.39. The van der Waals surface area contributed by atoms with Gasteiger partial charge in [0.1, 0.15) is 5.56 Å². The normalized spacial score (nSPS) is 18.9. The predicted octanol–water partition coefficient (Wildman–Crippen LogP) is 3.86. The number of hydrogen-bond acceptors (Lipinski definition) is 4. The Kier molecular flexibility index (Phi) is 6.30. The minimum atomic E-state index is -3.90. The van der Waals surface area contributed by atoms with Crippen LogP contribution in [0.25, 0.3) is 10.9 Å². The number of fused-ring (bicyclic) bond motifs is 1. The Morgan fingerprint density at radius 3 is 2.39 bits per heavy atom. The molecular weight excluding hydrogens is 438 g/mol. The molecule has 0 radical (unpaired) electrons. The van der Waals surface area contributed by atoms with Crippen LogP contribution in [0.1, 0.15) is 37.6 Å². The van der Waals surface area contributed by atoms with E-state index in [0.717, 1.165) is 6.42 Å². The summed E-state index contributed by atoms with van der Waals surface area (Å²) in [7, 11) is -3.90. The zero-order valence-corrected chi connectivity index (χ0v) is 19.9. The molecule has 1 aliphatic rings. The molecular formula is C25H29N3O4S. The maximum absolute atomic E-state index is 13.4. The summed E-state index contributed by atoms with van der Waals surface area (Å²) in [5.41, 5.74) is 0.609. The number of carbonyl (C=O) groups is 1. The first kappa shape index (κ1) is 23.0. The van der Waals surface area contributed by atoms with Gasteiger partial charge in [-0.1, -0.05) is 32.0 Å². The second kappa shape index (κ2) is 9.02. The molecule has 2 unspecified atom stereocenters. The highest BCUT2D eigenvalue weighted by atomic mass is 32.2. The van der Waals surface area contributed by atoms with Crippen molar-refractivity contribution in [2.24, 2.45) is 11.8 Å². The van der Waals surface area contributed by atoms with Crippen molar-refractivity contribution in [3.63, 3.8) is 0 Å². The Morgan fingerprint density at radius 2 is 1.76 bits per heavy atom. The van der Waals surface area contributed by atoms with Crippen molar-refractivity contribution in [1.29, 1.82) is 0 Å². The Hall–Kier alpha value is -3.13. The van der Waals surface area contributed by atoms with Gasteiger partial charge in [-0.25, -0.2) is 8.42 Å². The molecule has 1 N–H and O–H groups in total. The van der Waals surface area contributed by atoms with E-state index in [1.165, 1.54) is 22.6 Å². The second-order valence-corrected chi connectivity index (χ2v) is 10.8. The van der Waals surface area contributed by atoms with E-state index in [1.807, 2.05) is 6.07 Å². The monoisotopic (exact) mass is 467 g/mol. The minimum Gasteiger partial charge on any atom is -0.360 e. The summed E-state index contributed by atoms with van der Waals surface area (Å²) in [5.74, 6) is 0.420. The van der Waals surface area contributed by atoms with Crippen molar-refractivity contribution < 1.29 is 13.2 Å². The van der Waals surface area contributed by atoms with Gasteiger partial charge in [0, 0.05) is 36.7 Å². The van der Waals surface area contributed by atoms with E-state index in [0.29, 0.717) is 36.1 Å². The zero-order chi connectivity index (χ0) is 23.8. The molecule has 2 aromatic carbocycles. The number of carbonyl (C=O) groups excluding carboxylic acids is 1. The van der Waals surface area contributed by atoms with E-state index in [1.54, 1.807) is 42.2 Å². The molecule has 1 amide bonds. The number of aromatic nitrogens is 1. The average Bonchev–Trinajstić information content (AvgIpc) is 2.79. The molecule has 7 nitrogen and oxygen atoms in total. The summed E-state index contributed by atoms with van der Waals surface area (Å²) in [6.07, 6.45) is 2.49. The van der Waals surface area contributed by atoms with Gasteiger partial charge in [-0.15, -0.1) is 0 Å². The number of pyridine rings is 1. The topological polar surface area (TPSA) is 90.6 Å². The highest BCUT2D eigenvalue weighted by Crippen LogP contribution is 2.26. The van der Waals surface area contributed by atoms with Crippen LogP contribution in [0.15, 0.2) is 64.4 Å². The summed E-state index contributed by atoms with van der Waals surface area (Å²) >= 11 is 0. The Balaban J connectivity index is 1.75. The summed E-state index contributed by atoms with van der Waals surface area (Å²) in [4.78, 5) is 31.2. The molecule has 1 saturated heterocycles. The van der Waals surface area contributed by atoms with Crippen molar-refractivity contribution in [3.05, 3.63) is 70.5 Å². The molecule has 2 atom stereocenters. The second-order valence-electron chi connectivity index (χ2n) is 8.90. The summed E-state index contributed by atoms with van der Waals surface area (Å²) in [6.45, 7) is 7.42. The highest BCUT2D eigenvalue weighted by Gasteiger charge is 2.29. The van der Waals surface area contributed by atoms with E-state index in [4.69, 9.17) is 0 Å². The van der Waals surface area contributed by atoms with Gasteiger partial charge in [0.25, 0.3) is 15.9 Å². The molecule has 0 bridgehead atoms. The van der Waals surface area contributed by atoms with E-state index < -0.39 is 15.5 Å². The average molecular weight is 468 g/mol. The lowest BCUT2D eigenvalue weighted by Crippen LogP contribution is -2.44. The SMILES string of the molecule is CCN(c1ccccc1)S(=O)(=O)c1ccc2[nH]cc(C(=O)N3CC(C)CC(C)C3)c(=O)c2c1. The van der Waals surface area contributed by atoms with Crippen LogP contribution in [0.2, 0.25) is 0 Å². The smallest absolute Gasteiger partial charge is 0.264 e. The fourth-order valence-electron chi connectivity index (χ4n) is 4.73. The van der Waals surface area contributed by atoms with Crippen molar-refractivity contribution >= 4 is 32.5 Å². The largest absolute Gasteiger partial charge is 0.360 e. The number of H-pyrrole nitrogens is 1. The van der Waals surface area contributed by atoms with Gasteiger partial charge in [0.15, 0.2) is 0 Å². The molecule has 2 heterocycles. The number of para-hydroxylation sites is 1. The van der Waals surface area contributed by atoms with Gasteiger partial charge in [-0.3, -0.25) is 13.9 Å². The maximum Gasteiger partial charge on any atom is 0.264 e. The van der Waals surface area contributed by atoms with Crippen LogP contribution in [0.5, 0.6) is 0 Å². The first-order valence-corrected chi connectivity index (χ1v) is 12.7. The molecule has 1 aliphatic heterocycles. The quantitative estimate of drug-likeness (QED) is 0.617. The van der Waals surface area contributed by atoms with E-state index in [-0.39, 0.29) is 28.3 Å². The van der Waals surface area contributed by atoms with Gasteiger partial charge in [-0.2, -0.15) is 0 Å². The Bertz CT molecular complexity index is 1320. The predicted molar refractivity (Wildman–Crippen MR) is 130 cm³/mol. The fourth-order valence-corrected chi connectivity index (χ4v) is 6.23. The minimum absolute atomic E-state index is 0.0102. The molecule has 0 aliphatic carbocycles. The third-order valence-corrected chi connectivity index (χ3v) is 8.06. The number of piperidine rings is 1. The molecule has 0 saturated carbocycles. The number of anilines is 1. The lowest BCUT2D eigenvalue weighted by molar-refractivity contribution is 0.0621. The molecule has 4 rings (SSSR count). The van der Waals surface area contributed by atoms with Crippen LogP contribution in [0, 0.1) is 11.8 Å². The van der Waals surface area contributed by atoms with Gasteiger partial charge in [0.05, 0.1) is 10.6 Å². The number of hydrogen-bond donors (Lipinski definition) is 1. The maximum atomic E-state index is 13.4. The number of sulfonamides is 1. The van der Waals surface area contributed by atoms with Crippen molar-refractivity contribution in [2.75, 3.05) is 23.9 Å². The number of nitrogens with zero attached hydrogens (tertiary/aromatic N) is 2. The van der Waals surface area contributed by atoms with Crippen LogP contribution in [0.4, 0.5) is 5.69 Å². The number of rotatable bonds is 5. The van der Waals surface area contributed by atoms with Gasteiger partial charge < -0.3 is 9.88 Å². The first-order valence-electron chi connectivity index (χ1n) is 11.2. The lowest BCUT2D eigenvalue weighted by Gasteiger charge is -2.34. The number of amides is 1. The van der Waals surface area contributed by atoms with Gasteiger partial charge in [-0.05, 0) is 55.5 Å². The lowest BCUT2D eigenvalue weighted by atomic mass is 9.91. The van der Waals surface area contributed by atoms with Gasteiger partial charge >= 0.3 is 0 Å². The van der Waals surface area contributed by atoms with Crippen molar-refractivity contribution in [2.45, 2.75) is 32.1 Å². The van der Waals surface area contributed by atoms with E-state index >= 15 is 0 Å². The van der Waals surface area contributed by atoms with Crippen LogP contribution >= 0.6 is 0 Å².